The molecule has 0 radical (unpaired) electrons. The van der Waals surface area contributed by atoms with Crippen LogP contribution in [0.5, 0.6) is 0 Å². The van der Waals surface area contributed by atoms with Crippen LogP contribution in [0.2, 0.25) is 0 Å². The van der Waals surface area contributed by atoms with E-state index in [1.165, 1.54) is 0 Å². The summed E-state index contributed by atoms with van der Waals surface area (Å²) < 4.78 is 16.9. The van der Waals surface area contributed by atoms with E-state index in [4.69, 9.17) is 13.6 Å². The number of ether oxygens (including phenoxy) is 1. The van der Waals surface area contributed by atoms with Crippen LogP contribution in [0.3, 0.4) is 0 Å². The van der Waals surface area contributed by atoms with Crippen molar-refractivity contribution in [2.45, 2.75) is 39.3 Å². The van der Waals surface area contributed by atoms with Gasteiger partial charge in [0.2, 0.25) is 0 Å². The summed E-state index contributed by atoms with van der Waals surface area (Å²) in [6, 6.07) is 5.17. The van der Waals surface area contributed by atoms with Gasteiger partial charge < -0.3 is 13.6 Å². The molecule has 1 rings (SSSR count). The fourth-order valence-corrected chi connectivity index (χ4v) is 3.83. The SMILES string of the molecule is CCCC(OC(=O)c1ccccn1)[SiH](OCC)OCC. The molecule has 0 fully saturated rings. The Morgan fingerprint density at radius 2 is 1.95 bits per heavy atom. The average Bonchev–Trinajstić information content (AvgIpc) is 2.47. The Morgan fingerprint density at radius 1 is 1.25 bits per heavy atom. The number of aromatic nitrogens is 1. The number of nitrogens with zero attached hydrogens (tertiary/aromatic N) is 1. The predicted molar refractivity (Wildman–Crippen MR) is 78.7 cm³/mol. The number of esters is 1. The predicted octanol–water partition coefficient (Wildman–Crippen LogP) is 2.24. The molecule has 1 unspecified atom stereocenters. The van der Waals surface area contributed by atoms with Crippen molar-refractivity contribution in [1.82, 2.24) is 4.98 Å². The zero-order valence-corrected chi connectivity index (χ0v) is 13.5. The van der Waals surface area contributed by atoms with Gasteiger partial charge in [0.05, 0.1) is 0 Å². The van der Waals surface area contributed by atoms with E-state index in [-0.39, 0.29) is 5.73 Å². The molecule has 5 nitrogen and oxygen atoms in total. The number of carbonyl (C=O) groups excluding carboxylic acids is 1. The van der Waals surface area contributed by atoms with E-state index < -0.39 is 15.3 Å². The van der Waals surface area contributed by atoms with Gasteiger partial charge in [0, 0.05) is 19.4 Å². The number of hydrogen-bond acceptors (Lipinski definition) is 5. The maximum atomic E-state index is 12.1. The monoisotopic (exact) mass is 297 g/mol. The quantitative estimate of drug-likeness (QED) is 0.517. The van der Waals surface area contributed by atoms with Gasteiger partial charge in [-0.1, -0.05) is 19.4 Å². The van der Waals surface area contributed by atoms with E-state index in [1.807, 2.05) is 20.8 Å². The van der Waals surface area contributed by atoms with Gasteiger partial charge in [-0.25, -0.2) is 9.78 Å². The fourth-order valence-electron chi connectivity index (χ4n) is 1.81. The van der Waals surface area contributed by atoms with Crippen LogP contribution in [-0.4, -0.2) is 39.2 Å². The van der Waals surface area contributed by atoms with E-state index >= 15 is 0 Å². The Hall–Kier alpha value is -1.24. The van der Waals surface area contributed by atoms with Crippen LogP contribution in [0.1, 0.15) is 44.1 Å². The van der Waals surface area contributed by atoms with Gasteiger partial charge in [-0.2, -0.15) is 0 Å². The zero-order valence-electron chi connectivity index (χ0n) is 12.4. The first-order valence-corrected chi connectivity index (χ1v) is 8.69. The number of pyridine rings is 1. The molecular weight excluding hydrogens is 274 g/mol. The van der Waals surface area contributed by atoms with Crippen LogP contribution >= 0.6 is 0 Å². The minimum atomic E-state index is -2.02. The molecule has 0 saturated heterocycles. The highest BCUT2D eigenvalue weighted by Gasteiger charge is 2.29. The minimum Gasteiger partial charge on any atom is -0.456 e. The highest BCUT2D eigenvalue weighted by molar-refractivity contribution is 6.46. The molecule has 0 saturated carbocycles. The molecule has 1 aromatic heterocycles. The van der Waals surface area contributed by atoms with Crippen LogP contribution < -0.4 is 0 Å². The van der Waals surface area contributed by atoms with Gasteiger partial charge in [0.25, 0.3) is 0 Å². The molecule has 0 aliphatic heterocycles. The summed E-state index contributed by atoms with van der Waals surface area (Å²) in [6.07, 6.45) is 3.23. The maximum Gasteiger partial charge on any atom is 0.363 e. The van der Waals surface area contributed by atoms with Gasteiger partial charge >= 0.3 is 15.3 Å². The second-order valence-corrected chi connectivity index (χ2v) is 6.37. The summed E-state index contributed by atoms with van der Waals surface area (Å²) in [5.41, 5.74) is 0.0313. The summed E-state index contributed by atoms with van der Waals surface area (Å²) in [5, 5.41) is 0. The van der Waals surface area contributed by atoms with E-state index in [0.717, 1.165) is 12.8 Å². The second kappa shape index (κ2) is 9.63. The summed E-state index contributed by atoms with van der Waals surface area (Å²) in [4.78, 5) is 16.1. The molecule has 0 amide bonds. The van der Waals surface area contributed by atoms with Crippen molar-refractivity contribution in [2.24, 2.45) is 0 Å². The van der Waals surface area contributed by atoms with E-state index in [9.17, 15) is 4.79 Å². The lowest BCUT2D eigenvalue weighted by molar-refractivity contribution is 0.0316. The Bertz CT molecular complexity index is 382. The third-order valence-corrected chi connectivity index (χ3v) is 5.07. The van der Waals surface area contributed by atoms with Crippen LogP contribution in [0.4, 0.5) is 0 Å². The summed E-state index contributed by atoms with van der Waals surface area (Å²) in [5.74, 6) is -0.416. The van der Waals surface area contributed by atoms with Crippen molar-refractivity contribution in [3.05, 3.63) is 30.1 Å². The highest BCUT2D eigenvalue weighted by Crippen LogP contribution is 2.12. The molecule has 0 bridgehead atoms. The standard InChI is InChI=1S/C14H23NO4Si/c1-4-9-13(20(17-5-2)18-6-3)19-14(16)12-10-7-8-11-15-12/h7-8,10-11,13,20H,4-6,9H2,1-3H3. The molecule has 0 aromatic carbocycles. The molecule has 0 spiro atoms. The minimum absolute atomic E-state index is 0.283. The van der Waals surface area contributed by atoms with Crippen LogP contribution in [0, 0.1) is 0 Å². The van der Waals surface area contributed by atoms with Crippen molar-refractivity contribution in [3.63, 3.8) is 0 Å². The van der Waals surface area contributed by atoms with Crippen LogP contribution in [0.15, 0.2) is 24.4 Å². The van der Waals surface area contributed by atoms with Gasteiger partial charge in [-0.05, 0) is 32.4 Å². The van der Waals surface area contributed by atoms with E-state index in [2.05, 4.69) is 4.98 Å². The largest absolute Gasteiger partial charge is 0.456 e. The van der Waals surface area contributed by atoms with Gasteiger partial charge in [-0.3, -0.25) is 0 Å². The van der Waals surface area contributed by atoms with Crippen LogP contribution in [0.25, 0.3) is 0 Å². The molecule has 20 heavy (non-hydrogen) atoms. The molecule has 1 heterocycles. The Labute approximate surface area is 122 Å². The third kappa shape index (κ3) is 5.40. The lowest BCUT2D eigenvalue weighted by atomic mass is 10.3. The summed E-state index contributed by atoms with van der Waals surface area (Å²) >= 11 is 0. The van der Waals surface area contributed by atoms with Crippen molar-refractivity contribution in [2.75, 3.05) is 13.2 Å². The van der Waals surface area contributed by atoms with Crippen LogP contribution in [-0.2, 0) is 13.6 Å². The van der Waals surface area contributed by atoms with Gasteiger partial charge in [-0.15, -0.1) is 0 Å². The Kier molecular flexibility index (Phi) is 8.09. The highest BCUT2D eigenvalue weighted by atomic mass is 28.3. The normalized spacial score (nSPS) is 12.4. The first kappa shape index (κ1) is 16.8. The van der Waals surface area contributed by atoms with Gasteiger partial charge in [0.1, 0.15) is 11.4 Å². The smallest absolute Gasteiger partial charge is 0.363 e. The molecule has 1 aromatic rings. The summed E-state index contributed by atoms with van der Waals surface area (Å²) in [7, 11) is -2.02. The lowest BCUT2D eigenvalue weighted by Crippen LogP contribution is -2.40. The first-order valence-electron chi connectivity index (χ1n) is 7.08. The Morgan fingerprint density at radius 3 is 2.45 bits per heavy atom. The molecule has 0 aliphatic carbocycles. The molecule has 112 valence electrons. The number of carbonyl (C=O) groups is 1. The van der Waals surface area contributed by atoms with Gasteiger partial charge in [0.15, 0.2) is 0 Å². The van der Waals surface area contributed by atoms with Crippen molar-refractivity contribution in [3.8, 4) is 0 Å². The fraction of sp³-hybridized carbons (Fsp3) is 0.571. The summed E-state index contributed by atoms with van der Waals surface area (Å²) in [6.45, 7) is 7.02. The zero-order chi connectivity index (χ0) is 14.8. The molecule has 6 heteroatoms. The molecule has 1 atom stereocenters. The molecular formula is C14H23NO4Si. The van der Waals surface area contributed by atoms with Crippen molar-refractivity contribution >= 4 is 15.3 Å². The van der Waals surface area contributed by atoms with Crippen molar-refractivity contribution < 1.29 is 18.4 Å². The molecule has 0 N–H and O–H groups in total. The van der Waals surface area contributed by atoms with Crippen molar-refractivity contribution in [1.29, 1.82) is 0 Å². The lowest BCUT2D eigenvalue weighted by Gasteiger charge is -2.24. The molecule has 0 aliphatic rings. The van der Waals surface area contributed by atoms with E-state index in [1.54, 1.807) is 24.4 Å². The first-order chi connectivity index (χ1) is 9.72. The topological polar surface area (TPSA) is 57.7 Å². The maximum absolute atomic E-state index is 12.1. The Balaban J connectivity index is 2.72. The number of hydrogen-bond donors (Lipinski definition) is 0. The number of rotatable bonds is 9. The van der Waals surface area contributed by atoms with E-state index in [0.29, 0.717) is 18.9 Å². The second-order valence-electron chi connectivity index (χ2n) is 4.23. The third-order valence-electron chi connectivity index (χ3n) is 2.67. The average molecular weight is 297 g/mol.